The van der Waals surface area contributed by atoms with Crippen molar-refractivity contribution in [3.63, 3.8) is 0 Å². The van der Waals surface area contributed by atoms with Gasteiger partial charge in [0.2, 0.25) is 0 Å². The normalized spacial score (nSPS) is 11.0. The van der Waals surface area contributed by atoms with E-state index in [4.69, 9.17) is 6.57 Å². The summed E-state index contributed by atoms with van der Waals surface area (Å²) in [6.07, 6.45) is 2.10. The van der Waals surface area contributed by atoms with Crippen LogP contribution in [0.2, 0.25) is 0 Å². The third-order valence-electron chi connectivity index (χ3n) is 4.27. The Balaban J connectivity index is 2.15. The average Bonchev–Trinajstić information content (AvgIpc) is 2.93. The Morgan fingerprint density at radius 1 is 1.04 bits per heavy atom. The molecule has 0 unspecified atom stereocenters. The van der Waals surface area contributed by atoms with Crippen LogP contribution in [0.15, 0.2) is 54.7 Å². The van der Waals surface area contributed by atoms with Crippen LogP contribution in [0.5, 0.6) is 0 Å². The van der Waals surface area contributed by atoms with Crippen molar-refractivity contribution in [3.8, 4) is 11.3 Å². The van der Waals surface area contributed by atoms with Crippen LogP contribution in [0.25, 0.3) is 35.4 Å². The maximum absolute atomic E-state index is 7.26. The second kappa shape index (κ2) is 5.35. The molecule has 0 aliphatic carbocycles. The minimum absolute atomic E-state index is 0.287. The van der Waals surface area contributed by atoms with Crippen LogP contribution in [0.3, 0.4) is 0 Å². The van der Waals surface area contributed by atoms with Crippen LogP contribution < -0.4 is 4.57 Å². The van der Waals surface area contributed by atoms with Gasteiger partial charge >= 0.3 is 141 Å². The molecule has 0 amide bonds. The second-order valence-electron chi connectivity index (χ2n) is 5.73. The third-order valence-corrected chi connectivity index (χ3v) is 6.80. The Bertz CT molecular complexity index is 1100. The quantitative estimate of drug-likeness (QED) is 0.270. The summed E-state index contributed by atoms with van der Waals surface area (Å²) in [5, 5.41) is 2.54. The van der Waals surface area contributed by atoms with Gasteiger partial charge in [-0.05, 0) is 0 Å². The molecule has 2 nitrogen and oxygen atoms in total. The standard InChI is InChI=1S/C20H15N2Se/c1-13-7-9-15-16-12-14(21-2)8-10-18(16)23-20(15)19(13)17-6-4-5-11-22(17)3/h4-12H,1,3H3/q+1. The molecule has 0 saturated carbocycles. The van der Waals surface area contributed by atoms with E-state index in [0.29, 0.717) is 0 Å². The summed E-state index contributed by atoms with van der Waals surface area (Å²) < 4.78 is 5.01. The zero-order valence-electron chi connectivity index (χ0n) is 13.0. The topological polar surface area (TPSA) is 8.24 Å². The molecular formula is C20H15N2Se+. The molecule has 2 heterocycles. The molecule has 3 heteroatoms. The number of rotatable bonds is 1. The summed E-state index contributed by atoms with van der Waals surface area (Å²) in [7, 11) is 2.10. The molecule has 4 aromatic rings. The Hall–Kier alpha value is -2.40. The molecule has 0 bridgehead atoms. The molecule has 0 atom stereocenters. The van der Waals surface area contributed by atoms with E-state index in [2.05, 4.69) is 66.0 Å². The van der Waals surface area contributed by atoms with Gasteiger partial charge in [0, 0.05) is 0 Å². The van der Waals surface area contributed by atoms with Gasteiger partial charge in [-0.3, -0.25) is 0 Å². The summed E-state index contributed by atoms with van der Waals surface area (Å²) in [6.45, 7) is 9.44. The van der Waals surface area contributed by atoms with Crippen LogP contribution in [0, 0.1) is 13.5 Å². The molecule has 0 N–H and O–H groups in total. The van der Waals surface area contributed by atoms with Crippen LogP contribution in [-0.2, 0) is 7.05 Å². The number of nitrogens with zero attached hydrogens (tertiary/aromatic N) is 2. The first-order valence-electron chi connectivity index (χ1n) is 7.47. The number of aromatic nitrogens is 1. The van der Waals surface area contributed by atoms with Crippen LogP contribution in [0.1, 0.15) is 5.56 Å². The monoisotopic (exact) mass is 363 g/mol. The van der Waals surface area contributed by atoms with Gasteiger partial charge in [-0.1, -0.05) is 0 Å². The molecule has 4 rings (SSSR count). The zero-order chi connectivity index (χ0) is 16.0. The van der Waals surface area contributed by atoms with Gasteiger partial charge in [0.15, 0.2) is 0 Å². The van der Waals surface area contributed by atoms with Crippen molar-refractivity contribution in [3.05, 3.63) is 71.7 Å². The van der Waals surface area contributed by atoms with E-state index in [1.165, 1.54) is 36.1 Å². The van der Waals surface area contributed by atoms with E-state index in [-0.39, 0.29) is 14.5 Å². The maximum atomic E-state index is 7.26. The fourth-order valence-electron chi connectivity index (χ4n) is 3.10. The minimum atomic E-state index is 0.287. The number of fused-ring (bicyclic) bond motifs is 3. The molecule has 0 aliphatic rings. The van der Waals surface area contributed by atoms with Crippen molar-refractivity contribution in [1.82, 2.24) is 0 Å². The molecule has 110 valence electrons. The summed E-state index contributed by atoms with van der Waals surface area (Å²) in [6, 6.07) is 16.9. The van der Waals surface area contributed by atoms with E-state index < -0.39 is 0 Å². The molecule has 23 heavy (non-hydrogen) atoms. The Labute approximate surface area is 141 Å². The summed E-state index contributed by atoms with van der Waals surface area (Å²) in [5.41, 5.74) is 4.64. The van der Waals surface area contributed by atoms with Crippen LogP contribution in [0.4, 0.5) is 5.69 Å². The number of pyridine rings is 1. The van der Waals surface area contributed by atoms with Crippen molar-refractivity contribution in [2.45, 2.75) is 6.92 Å². The third kappa shape index (κ3) is 2.19. The molecule has 0 spiro atoms. The van der Waals surface area contributed by atoms with E-state index in [0.717, 1.165) is 5.69 Å². The number of benzene rings is 2. The molecule has 0 fully saturated rings. The van der Waals surface area contributed by atoms with Crippen LogP contribution in [-0.4, -0.2) is 14.5 Å². The van der Waals surface area contributed by atoms with Gasteiger partial charge in [-0.15, -0.1) is 0 Å². The number of hydrogen-bond acceptors (Lipinski definition) is 0. The number of aryl methyl sites for hydroxylation is 2. The second-order valence-corrected chi connectivity index (χ2v) is 7.93. The molecule has 0 radical (unpaired) electrons. The number of hydrogen-bond donors (Lipinski definition) is 0. The predicted octanol–water partition coefficient (Wildman–Crippen LogP) is 4.40. The van der Waals surface area contributed by atoms with E-state index in [9.17, 15) is 0 Å². The van der Waals surface area contributed by atoms with Gasteiger partial charge in [0.05, 0.1) is 0 Å². The van der Waals surface area contributed by atoms with Crippen molar-refractivity contribution in [2.24, 2.45) is 7.05 Å². The van der Waals surface area contributed by atoms with Gasteiger partial charge in [0.25, 0.3) is 0 Å². The first-order valence-corrected chi connectivity index (χ1v) is 9.18. The molecule has 2 aromatic carbocycles. The summed E-state index contributed by atoms with van der Waals surface area (Å²) in [4.78, 5) is 3.59. The Morgan fingerprint density at radius 2 is 1.91 bits per heavy atom. The fourth-order valence-corrected chi connectivity index (χ4v) is 5.80. The van der Waals surface area contributed by atoms with Gasteiger partial charge in [-0.2, -0.15) is 0 Å². The van der Waals surface area contributed by atoms with Crippen molar-refractivity contribution in [2.75, 3.05) is 0 Å². The van der Waals surface area contributed by atoms with E-state index >= 15 is 0 Å². The van der Waals surface area contributed by atoms with Gasteiger partial charge in [-0.25, -0.2) is 0 Å². The predicted molar refractivity (Wildman–Crippen MR) is 96.0 cm³/mol. The van der Waals surface area contributed by atoms with Crippen molar-refractivity contribution < 1.29 is 4.57 Å². The summed E-state index contributed by atoms with van der Waals surface area (Å²) >= 11 is 0.287. The van der Waals surface area contributed by atoms with Gasteiger partial charge in [0.1, 0.15) is 0 Å². The molecular weight excluding hydrogens is 347 g/mol. The molecule has 2 aromatic heterocycles. The SMILES string of the molecule is [C-]#[N+]c1ccc2[se]c3c(-c4cccc[n+]4C)c(C)ccc3c2c1. The first kappa shape index (κ1) is 14.2. The first-order chi connectivity index (χ1) is 11.2. The molecule has 0 saturated heterocycles. The van der Waals surface area contributed by atoms with E-state index in [1.807, 2.05) is 12.1 Å². The van der Waals surface area contributed by atoms with E-state index in [1.54, 1.807) is 0 Å². The molecule has 0 aliphatic heterocycles. The van der Waals surface area contributed by atoms with Crippen molar-refractivity contribution >= 4 is 39.5 Å². The van der Waals surface area contributed by atoms with Crippen LogP contribution >= 0.6 is 0 Å². The van der Waals surface area contributed by atoms with Crippen molar-refractivity contribution in [1.29, 1.82) is 0 Å². The Kier molecular flexibility index (Phi) is 3.31. The Morgan fingerprint density at radius 3 is 2.70 bits per heavy atom. The zero-order valence-corrected chi connectivity index (χ0v) is 14.7. The average molecular weight is 362 g/mol. The fraction of sp³-hybridized carbons (Fsp3) is 0.100. The van der Waals surface area contributed by atoms with Gasteiger partial charge < -0.3 is 0 Å². The summed E-state index contributed by atoms with van der Waals surface area (Å²) in [5.74, 6) is 0.